The van der Waals surface area contributed by atoms with Gasteiger partial charge in [-0.3, -0.25) is 20.2 Å². The first kappa shape index (κ1) is 23.8. The number of aldehydes is 1. The van der Waals surface area contributed by atoms with Gasteiger partial charge in [0.05, 0.1) is 15.9 Å². The Labute approximate surface area is 149 Å². The second-order valence-electron chi connectivity index (χ2n) is 5.04. The maximum Gasteiger partial charge on any atom is 0.335 e. The predicted molar refractivity (Wildman–Crippen MR) is 83.9 cm³/mol. The first-order chi connectivity index (χ1) is 12.3. The molecule has 0 aliphatic rings. The number of aliphatic carboxylic acids is 1. The molecule has 4 atom stereocenters. The van der Waals surface area contributed by atoms with Gasteiger partial charge in [0.2, 0.25) is 0 Å². The van der Waals surface area contributed by atoms with Crippen LogP contribution in [-0.2, 0) is 9.59 Å². The van der Waals surface area contributed by atoms with Crippen LogP contribution in [0.5, 0.6) is 5.75 Å². The monoisotopic (exact) mass is 392 g/mol. The lowest BCUT2D eigenvalue weighted by Crippen LogP contribution is -2.48. The molecule has 0 fully saturated rings. The Morgan fingerprint density at radius 2 is 1.59 bits per heavy atom. The van der Waals surface area contributed by atoms with Crippen LogP contribution in [0.3, 0.4) is 0 Å². The Morgan fingerprint density at radius 1 is 1.07 bits per heavy atom. The van der Waals surface area contributed by atoms with Crippen molar-refractivity contribution in [2.24, 2.45) is 0 Å². The summed E-state index contributed by atoms with van der Waals surface area (Å²) in [6, 6.07) is 1.80. The van der Waals surface area contributed by atoms with Crippen molar-refractivity contribution in [1.29, 1.82) is 0 Å². The van der Waals surface area contributed by atoms with Gasteiger partial charge in [0.15, 0.2) is 18.1 Å². The molecule has 150 valence electrons. The normalized spacial score (nSPS) is 14.7. The molecule has 0 spiro atoms. The summed E-state index contributed by atoms with van der Waals surface area (Å²) < 4.78 is 0. The fourth-order valence-electron chi connectivity index (χ4n) is 1.60. The number of hydrogen-bond acceptors (Lipinski definition) is 11. The summed E-state index contributed by atoms with van der Waals surface area (Å²) >= 11 is 0. The van der Waals surface area contributed by atoms with Crippen molar-refractivity contribution in [3.05, 3.63) is 37.9 Å². The summed E-state index contributed by atoms with van der Waals surface area (Å²) in [6.45, 7) is 1.36. The van der Waals surface area contributed by atoms with Crippen molar-refractivity contribution >= 4 is 23.6 Å². The fourth-order valence-corrected chi connectivity index (χ4v) is 1.60. The van der Waals surface area contributed by atoms with Crippen LogP contribution in [0.2, 0.25) is 0 Å². The third kappa shape index (κ3) is 6.55. The number of carbonyl (C=O) groups excluding carboxylic acids is 1. The van der Waals surface area contributed by atoms with E-state index in [2.05, 4.69) is 0 Å². The molecule has 0 radical (unpaired) electrons. The molecule has 0 aromatic heterocycles. The third-order valence-corrected chi connectivity index (χ3v) is 3.09. The molecule has 0 bridgehead atoms. The van der Waals surface area contributed by atoms with Crippen LogP contribution < -0.4 is 0 Å². The molecule has 6 N–H and O–H groups in total. The largest absolute Gasteiger partial charge is 0.502 e. The molecule has 1 rings (SSSR count). The number of phenolic OH excluding ortho intramolecular Hbond substituents is 1. The number of aromatic hydroxyl groups is 1. The van der Waals surface area contributed by atoms with Gasteiger partial charge in [0.1, 0.15) is 18.3 Å². The van der Waals surface area contributed by atoms with Gasteiger partial charge in [0.25, 0.3) is 5.69 Å². The SMILES string of the molecule is Cc1cc([N+](=O)[O-])cc([N+](=O)[O-])c1O.O=C[C@H](O)[C@@H](O)[C@H](O)[C@H](O)C(=O)O. The van der Waals surface area contributed by atoms with Gasteiger partial charge in [-0.25, -0.2) is 4.79 Å². The molecule has 0 aliphatic carbocycles. The van der Waals surface area contributed by atoms with Gasteiger partial charge >= 0.3 is 11.7 Å². The van der Waals surface area contributed by atoms with E-state index in [0.29, 0.717) is 0 Å². The average molecular weight is 392 g/mol. The molecule has 1 aromatic carbocycles. The number of aryl methyl sites for hydroxylation is 1. The van der Waals surface area contributed by atoms with Crippen LogP contribution in [-0.4, -0.2) is 77.2 Å². The Morgan fingerprint density at radius 3 is 1.96 bits per heavy atom. The highest BCUT2D eigenvalue weighted by molar-refractivity contribution is 5.73. The van der Waals surface area contributed by atoms with Crippen LogP contribution in [0.15, 0.2) is 12.1 Å². The van der Waals surface area contributed by atoms with E-state index in [4.69, 9.17) is 25.5 Å². The van der Waals surface area contributed by atoms with E-state index in [-0.39, 0.29) is 11.8 Å². The van der Waals surface area contributed by atoms with Crippen LogP contribution in [0, 0.1) is 27.2 Å². The van der Waals surface area contributed by atoms with Crippen molar-refractivity contribution in [2.45, 2.75) is 31.3 Å². The van der Waals surface area contributed by atoms with Crippen molar-refractivity contribution in [2.75, 3.05) is 0 Å². The molecular formula is C13H16N2O12. The molecule has 0 heterocycles. The highest BCUT2D eigenvalue weighted by Crippen LogP contribution is 2.33. The quantitative estimate of drug-likeness (QED) is 0.171. The Kier molecular flexibility index (Phi) is 8.88. The lowest BCUT2D eigenvalue weighted by molar-refractivity contribution is -0.394. The van der Waals surface area contributed by atoms with Gasteiger partial charge in [-0.15, -0.1) is 0 Å². The number of carboxylic acid groups (broad SMARTS) is 1. The van der Waals surface area contributed by atoms with E-state index < -0.39 is 57.4 Å². The Balaban J connectivity index is 0.000000503. The molecule has 14 nitrogen and oxygen atoms in total. The lowest BCUT2D eigenvalue weighted by Gasteiger charge is -2.21. The minimum atomic E-state index is -2.25. The van der Waals surface area contributed by atoms with Crippen molar-refractivity contribution in [1.82, 2.24) is 0 Å². The summed E-state index contributed by atoms with van der Waals surface area (Å²) in [5, 5.41) is 73.1. The summed E-state index contributed by atoms with van der Waals surface area (Å²) in [7, 11) is 0. The fraction of sp³-hybridized carbons (Fsp3) is 0.385. The van der Waals surface area contributed by atoms with Gasteiger partial charge in [-0.2, -0.15) is 0 Å². The second-order valence-corrected chi connectivity index (χ2v) is 5.04. The molecule has 0 saturated carbocycles. The average Bonchev–Trinajstić information content (AvgIpc) is 2.61. The summed E-state index contributed by atoms with van der Waals surface area (Å²) in [4.78, 5) is 39.1. The summed E-state index contributed by atoms with van der Waals surface area (Å²) in [5.74, 6) is -2.30. The van der Waals surface area contributed by atoms with E-state index in [1.165, 1.54) is 6.92 Å². The number of hydrogen-bond donors (Lipinski definition) is 6. The van der Waals surface area contributed by atoms with Crippen molar-refractivity contribution in [3.63, 3.8) is 0 Å². The van der Waals surface area contributed by atoms with Crippen LogP contribution in [0.1, 0.15) is 5.56 Å². The molecular weight excluding hydrogens is 376 g/mol. The first-order valence-corrected chi connectivity index (χ1v) is 6.87. The molecule has 0 aliphatic heterocycles. The molecule has 14 heteroatoms. The van der Waals surface area contributed by atoms with Crippen molar-refractivity contribution in [3.8, 4) is 5.75 Å². The van der Waals surface area contributed by atoms with E-state index in [1.54, 1.807) is 0 Å². The Bertz CT molecular complexity index is 721. The minimum absolute atomic E-state index is 0.0809. The van der Waals surface area contributed by atoms with Crippen LogP contribution in [0.25, 0.3) is 0 Å². The number of aliphatic hydroxyl groups is 4. The number of nitrogens with zero attached hydrogens (tertiary/aromatic N) is 2. The van der Waals surface area contributed by atoms with E-state index in [1.807, 2.05) is 0 Å². The molecule has 0 unspecified atom stereocenters. The smallest absolute Gasteiger partial charge is 0.335 e. The lowest BCUT2D eigenvalue weighted by atomic mass is 10.0. The van der Waals surface area contributed by atoms with Gasteiger partial charge in [0, 0.05) is 11.6 Å². The maximum absolute atomic E-state index is 10.4. The topological polar surface area (TPSA) is 242 Å². The minimum Gasteiger partial charge on any atom is -0.502 e. The zero-order chi connectivity index (χ0) is 21.5. The Hall–Kier alpha value is -3.20. The number of nitro benzene ring substituents is 2. The number of rotatable bonds is 7. The number of aliphatic hydroxyl groups excluding tert-OH is 4. The third-order valence-electron chi connectivity index (χ3n) is 3.09. The zero-order valence-corrected chi connectivity index (χ0v) is 13.6. The highest BCUT2D eigenvalue weighted by Gasteiger charge is 2.34. The van der Waals surface area contributed by atoms with Gasteiger partial charge < -0.3 is 35.4 Å². The van der Waals surface area contributed by atoms with Crippen LogP contribution in [0.4, 0.5) is 11.4 Å². The van der Waals surface area contributed by atoms with Gasteiger partial charge in [-0.05, 0) is 6.92 Å². The van der Waals surface area contributed by atoms with Crippen molar-refractivity contribution < 1.29 is 50.1 Å². The number of benzene rings is 1. The number of carbonyl (C=O) groups is 2. The van der Waals surface area contributed by atoms with E-state index >= 15 is 0 Å². The molecule has 0 amide bonds. The molecule has 27 heavy (non-hydrogen) atoms. The highest BCUT2D eigenvalue weighted by atomic mass is 16.6. The second kappa shape index (κ2) is 10.1. The number of nitro groups is 2. The van der Waals surface area contributed by atoms with E-state index in [0.717, 1.165) is 12.1 Å². The first-order valence-electron chi connectivity index (χ1n) is 6.87. The summed E-state index contributed by atoms with van der Waals surface area (Å²) in [6.07, 6.45) is -8.39. The van der Waals surface area contributed by atoms with Crippen LogP contribution >= 0.6 is 0 Å². The maximum atomic E-state index is 10.4. The standard InChI is InChI=1S/C7H6N2O5.C6H10O7/c1-4-2-5(8(11)12)3-6(7(4)10)9(13)14;7-1-2(8)3(9)4(10)5(11)6(12)13/h2-3,10H,1H3;1-5,8-11H,(H,12,13)/t;2-,3+,4-,5-/m.0/s1. The molecule has 0 saturated heterocycles. The zero-order valence-electron chi connectivity index (χ0n) is 13.6. The predicted octanol–water partition coefficient (Wildman–Crippen LogP) is -1.77. The number of non-ortho nitro benzene ring substituents is 1. The summed E-state index contributed by atoms with van der Waals surface area (Å²) in [5.41, 5.74) is -0.963. The van der Waals surface area contributed by atoms with E-state index in [9.17, 15) is 34.9 Å². The number of phenols is 1. The number of carboxylic acids is 1. The molecule has 1 aromatic rings. The van der Waals surface area contributed by atoms with Gasteiger partial charge in [-0.1, -0.05) is 0 Å².